The average Bonchev–Trinajstić information content (AvgIpc) is 3.21. The largest absolute Gasteiger partial charge is 0.342 e. The zero-order valence-electron chi connectivity index (χ0n) is 14.5. The van der Waals surface area contributed by atoms with Crippen molar-refractivity contribution < 1.29 is 13.2 Å². The van der Waals surface area contributed by atoms with Gasteiger partial charge < -0.3 is 4.90 Å². The molecule has 1 aliphatic rings. The SMILES string of the molecule is O=C(CCc1ccncc1)N1CCC[C@H](CNS(=O)(=O)c2cccs2)C1. The Morgan fingerprint density at radius 3 is 2.85 bits per heavy atom. The quantitative estimate of drug-likeness (QED) is 0.783. The van der Waals surface area contributed by atoms with Crippen molar-refractivity contribution in [2.24, 2.45) is 5.92 Å². The van der Waals surface area contributed by atoms with Crippen LogP contribution in [-0.4, -0.2) is 43.8 Å². The minimum atomic E-state index is -3.44. The van der Waals surface area contributed by atoms with Gasteiger partial charge in [0, 0.05) is 38.4 Å². The standard InChI is InChI=1S/C18H23N3O3S2/c22-17(6-5-15-7-9-19-10-8-15)21-11-1-3-16(14-21)13-20-26(23,24)18-4-2-12-25-18/h2,4,7-10,12,16,20H,1,3,5-6,11,13-14H2/t16-/m1/s1. The molecule has 26 heavy (non-hydrogen) atoms. The lowest BCUT2D eigenvalue weighted by molar-refractivity contribution is -0.132. The molecule has 0 spiro atoms. The van der Waals surface area contributed by atoms with Gasteiger partial charge >= 0.3 is 0 Å². The van der Waals surface area contributed by atoms with E-state index in [0.29, 0.717) is 30.1 Å². The fourth-order valence-corrected chi connectivity index (χ4v) is 5.29. The first kappa shape index (κ1) is 19.0. The highest BCUT2D eigenvalue weighted by molar-refractivity contribution is 7.91. The van der Waals surface area contributed by atoms with Crippen molar-refractivity contribution in [3.8, 4) is 0 Å². The van der Waals surface area contributed by atoms with Crippen LogP contribution in [0.3, 0.4) is 0 Å². The first-order chi connectivity index (χ1) is 12.5. The fraction of sp³-hybridized carbons (Fsp3) is 0.444. The molecular weight excluding hydrogens is 370 g/mol. The highest BCUT2D eigenvalue weighted by Gasteiger charge is 2.25. The van der Waals surface area contributed by atoms with Gasteiger partial charge in [0.25, 0.3) is 0 Å². The second kappa shape index (κ2) is 8.75. The minimum absolute atomic E-state index is 0.132. The summed E-state index contributed by atoms with van der Waals surface area (Å²) in [4.78, 5) is 18.3. The molecule has 1 fully saturated rings. The maximum Gasteiger partial charge on any atom is 0.250 e. The molecule has 3 heterocycles. The molecule has 1 aliphatic heterocycles. The van der Waals surface area contributed by atoms with E-state index in [0.717, 1.165) is 24.9 Å². The van der Waals surface area contributed by atoms with Gasteiger partial charge in [-0.3, -0.25) is 9.78 Å². The second-order valence-electron chi connectivity index (χ2n) is 6.49. The molecule has 0 unspecified atom stereocenters. The van der Waals surface area contributed by atoms with Crippen molar-refractivity contribution in [3.05, 3.63) is 47.6 Å². The molecule has 0 radical (unpaired) electrons. The number of thiophene rings is 1. The highest BCUT2D eigenvalue weighted by Crippen LogP contribution is 2.19. The van der Waals surface area contributed by atoms with Crippen LogP contribution in [0, 0.1) is 5.92 Å². The maximum atomic E-state index is 12.5. The molecule has 0 bridgehead atoms. The van der Waals surface area contributed by atoms with E-state index >= 15 is 0 Å². The third-order valence-electron chi connectivity index (χ3n) is 4.57. The molecule has 6 nitrogen and oxygen atoms in total. The number of likely N-dealkylation sites (tertiary alicyclic amines) is 1. The number of aryl methyl sites for hydroxylation is 1. The Hall–Kier alpha value is -1.77. The number of piperidine rings is 1. The predicted molar refractivity (Wildman–Crippen MR) is 101 cm³/mol. The van der Waals surface area contributed by atoms with Gasteiger partial charge in [-0.15, -0.1) is 11.3 Å². The number of nitrogens with zero attached hydrogens (tertiary/aromatic N) is 2. The Morgan fingerprint density at radius 2 is 2.12 bits per heavy atom. The van der Waals surface area contributed by atoms with Crippen molar-refractivity contribution in [2.45, 2.75) is 29.9 Å². The number of nitrogens with one attached hydrogen (secondary N) is 1. The predicted octanol–water partition coefficient (Wildman–Crippen LogP) is 2.29. The fourth-order valence-electron chi connectivity index (χ4n) is 3.13. The molecular formula is C18H23N3O3S2. The maximum absolute atomic E-state index is 12.5. The Balaban J connectivity index is 1.48. The zero-order chi connectivity index (χ0) is 18.4. The van der Waals surface area contributed by atoms with Gasteiger partial charge in [-0.1, -0.05) is 6.07 Å². The molecule has 8 heteroatoms. The molecule has 3 rings (SSSR count). The lowest BCUT2D eigenvalue weighted by Crippen LogP contribution is -2.43. The summed E-state index contributed by atoms with van der Waals surface area (Å²) in [5.74, 6) is 0.288. The van der Waals surface area contributed by atoms with Crippen molar-refractivity contribution in [3.63, 3.8) is 0 Å². The van der Waals surface area contributed by atoms with Crippen molar-refractivity contribution in [1.82, 2.24) is 14.6 Å². The Morgan fingerprint density at radius 1 is 1.31 bits per heavy atom. The molecule has 0 saturated carbocycles. The molecule has 2 aromatic heterocycles. The second-order valence-corrected chi connectivity index (χ2v) is 9.43. The van der Waals surface area contributed by atoms with Crippen LogP contribution < -0.4 is 4.72 Å². The average molecular weight is 394 g/mol. The highest BCUT2D eigenvalue weighted by atomic mass is 32.2. The summed E-state index contributed by atoms with van der Waals surface area (Å²) in [6.45, 7) is 1.74. The summed E-state index contributed by atoms with van der Waals surface area (Å²) in [5.41, 5.74) is 1.10. The monoisotopic (exact) mass is 393 g/mol. The zero-order valence-corrected chi connectivity index (χ0v) is 16.1. The van der Waals surface area contributed by atoms with Crippen LogP contribution in [0.2, 0.25) is 0 Å². The van der Waals surface area contributed by atoms with E-state index in [1.54, 1.807) is 29.9 Å². The molecule has 1 saturated heterocycles. The Kier molecular flexibility index (Phi) is 6.39. The number of pyridine rings is 1. The lowest BCUT2D eigenvalue weighted by Gasteiger charge is -2.33. The summed E-state index contributed by atoms with van der Waals surface area (Å²) in [7, 11) is -3.44. The van der Waals surface area contributed by atoms with Crippen LogP contribution in [0.5, 0.6) is 0 Å². The topological polar surface area (TPSA) is 79.4 Å². The summed E-state index contributed by atoms with van der Waals surface area (Å²) in [6.07, 6.45) is 6.48. The van der Waals surface area contributed by atoms with Gasteiger partial charge in [-0.05, 0) is 54.3 Å². The van der Waals surface area contributed by atoms with E-state index in [1.165, 1.54) is 11.3 Å². The van der Waals surface area contributed by atoms with E-state index in [2.05, 4.69) is 9.71 Å². The molecule has 2 aromatic rings. The first-order valence-corrected chi connectivity index (χ1v) is 11.1. The molecule has 1 atom stereocenters. The molecule has 1 N–H and O–H groups in total. The van der Waals surface area contributed by atoms with Gasteiger partial charge in [0.15, 0.2) is 0 Å². The summed E-state index contributed by atoms with van der Waals surface area (Å²) in [5, 5.41) is 1.75. The van der Waals surface area contributed by atoms with Gasteiger partial charge in [0.1, 0.15) is 4.21 Å². The van der Waals surface area contributed by atoms with E-state index in [9.17, 15) is 13.2 Å². The number of sulfonamides is 1. The van der Waals surface area contributed by atoms with E-state index in [4.69, 9.17) is 0 Å². The normalized spacial score (nSPS) is 18.0. The number of hydrogen-bond acceptors (Lipinski definition) is 5. The van der Waals surface area contributed by atoms with Crippen LogP contribution >= 0.6 is 11.3 Å². The summed E-state index contributed by atoms with van der Waals surface area (Å²) < 4.78 is 27.5. The molecule has 0 aromatic carbocycles. The Bertz CT molecular complexity index is 807. The number of carbonyl (C=O) groups is 1. The van der Waals surface area contributed by atoms with E-state index in [-0.39, 0.29) is 11.8 Å². The van der Waals surface area contributed by atoms with Gasteiger partial charge in [0.2, 0.25) is 15.9 Å². The van der Waals surface area contributed by atoms with Crippen LogP contribution in [0.4, 0.5) is 0 Å². The smallest absolute Gasteiger partial charge is 0.250 e. The lowest BCUT2D eigenvalue weighted by atomic mass is 9.98. The molecule has 140 valence electrons. The number of carbonyl (C=O) groups excluding carboxylic acids is 1. The third kappa shape index (κ3) is 5.12. The van der Waals surface area contributed by atoms with Crippen LogP contribution in [0.15, 0.2) is 46.2 Å². The van der Waals surface area contributed by atoms with Crippen LogP contribution in [-0.2, 0) is 21.2 Å². The van der Waals surface area contributed by atoms with Crippen molar-refractivity contribution in [2.75, 3.05) is 19.6 Å². The number of rotatable bonds is 7. The summed E-state index contributed by atoms with van der Waals surface area (Å²) in [6, 6.07) is 7.17. The third-order valence-corrected chi connectivity index (χ3v) is 7.39. The van der Waals surface area contributed by atoms with Gasteiger partial charge in [-0.25, -0.2) is 13.1 Å². The van der Waals surface area contributed by atoms with Crippen molar-refractivity contribution >= 4 is 27.3 Å². The molecule has 0 aliphatic carbocycles. The van der Waals surface area contributed by atoms with Gasteiger partial charge in [0.05, 0.1) is 0 Å². The molecule has 1 amide bonds. The Labute approximate surface area is 158 Å². The van der Waals surface area contributed by atoms with E-state index in [1.807, 2.05) is 17.0 Å². The first-order valence-electron chi connectivity index (χ1n) is 8.74. The minimum Gasteiger partial charge on any atom is -0.342 e. The summed E-state index contributed by atoms with van der Waals surface area (Å²) >= 11 is 1.21. The van der Waals surface area contributed by atoms with Crippen molar-refractivity contribution in [1.29, 1.82) is 0 Å². The number of aromatic nitrogens is 1. The van der Waals surface area contributed by atoms with E-state index < -0.39 is 10.0 Å². The van der Waals surface area contributed by atoms with Crippen LogP contribution in [0.25, 0.3) is 0 Å². The van der Waals surface area contributed by atoms with Gasteiger partial charge in [-0.2, -0.15) is 0 Å². The number of amides is 1. The number of hydrogen-bond donors (Lipinski definition) is 1. The van der Waals surface area contributed by atoms with Crippen LogP contribution in [0.1, 0.15) is 24.8 Å².